The molecule has 1 aliphatic carbocycles. The zero-order chi connectivity index (χ0) is 12.5. The molecule has 1 N–H and O–H groups in total. The Morgan fingerprint density at radius 2 is 2.24 bits per heavy atom. The number of hydrogen-bond acceptors (Lipinski definition) is 2. The summed E-state index contributed by atoms with van der Waals surface area (Å²) >= 11 is 3.62. The summed E-state index contributed by atoms with van der Waals surface area (Å²) in [5.74, 6) is 0. The maximum absolute atomic E-state index is 4.41. The molecule has 0 saturated heterocycles. The largest absolute Gasteiger partial charge is 0.314 e. The molecule has 0 atom stereocenters. The molecule has 1 heterocycles. The summed E-state index contributed by atoms with van der Waals surface area (Å²) in [6.07, 6.45) is 5.77. The lowest BCUT2D eigenvalue weighted by atomic mass is 9.85. The lowest BCUT2D eigenvalue weighted by Crippen LogP contribution is -2.29. The van der Waals surface area contributed by atoms with Crippen LogP contribution in [0, 0.1) is 0 Å². The smallest absolute Gasteiger partial charge is 0.0635 e. The van der Waals surface area contributed by atoms with Crippen LogP contribution < -0.4 is 5.32 Å². The molecule has 96 valence electrons. The van der Waals surface area contributed by atoms with Crippen LogP contribution >= 0.6 is 15.9 Å². The van der Waals surface area contributed by atoms with Crippen LogP contribution in [0.4, 0.5) is 0 Å². The van der Waals surface area contributed by atoms with Gasteiger partial charge in [0.2, 0.25) is 0 Å². The lowest BCUT2D eigenvalue weighted by molar-refractivity contribution is 0.413. The third kappa shape index (κ3) is 3.10. The summed E-state index contributed by atoms with van der Waals surface area (Å²) in [7, 11) is 0. The summed E-state index contributed by atoms with van der Waals surface area (Å²) in [5.41, 5.74) is 1.48. The normalized spacial score (nSPS) is 16.5. The van der Waals surface area contributed by atoms with E-state index in [-0.39, 0.29) is 5.41 Å². The number of aromatic nitrogens is 2. The van der Waals surface area contributed by atoms with Crippen LogP contribution in [-0.4, -0.2) is 22.4 Å². The molecule has 1 fully saturated rings. The Kier molecular flexibility index (Phi) is 3.93. The fraction of sp³-hybridized carbons (Fsp3) is 0.769. The Labute approximate surface area is 112 Å². The van der Waals surface area contributed by atoms with Crippen molar-refractivity contribution in [1.29, 1.82) is 0 Å². The maximum Gasteiger partial charge on any atom is 0.0635 e. The summed E-state index contributed by atoms with van der Waals surface area (Å²) in [5, 5.41) is 7.99. The van der Waals surface area contributed by atoms with Gasteiger partial charge in [0.1, 0.15) is 0 Å². The summed E-state index contributed by atoms with van der Waals surface area (Å²) in [6.45, 7) is 8.77. The molecular formula is C13H22BrN3. The van der Waals surface area contributed by atoms with Crippen molar-refractivity contribution in [1.82, 2.24) is 15.1 Å². The van der Waals surface area contributed by atoms with Crippen LogP contribution in [0.5, 0.6) is 0 Å². The van der Waals surface area contributed by atoms with Crippen LogP contribution in [0.1, 0.15) is 45.7 Å². The van der Waals surface area contributed by atoms with Gasteiger partial charge in [-0.05, 0) is 48.7 Å². The standard InChI is InChI=1S/C13H22BrN3/c1-4-17-12(11(14)9-16-17)13(2,3)7-8-15-10-5-6-10/h9-10,15H,4-8H2,1-3H3. The van der Waals surface area contributed by atoms with E-state index in [0.717, 1.165) is 30.0 Å². The fourth-order valence-electron chi connectivity index (χ4n) is 2.27. The molecule has 0 radical (unpaired) electrons. The molecule has 1 saturated carbocycles. The van der Waals surface area contributed by atoms with E-state index in [0.29, 0.717) is 0 Å². The first-order chi connectivity index (χ1) is 8.04. The Hall–Kier alpha value is -0.350. The summed E-state index contributed by atoms with van der Waals surface area (Å²) < 4.78 is 3.23. The van der Waals surface area contributed by atoms with E-state index in [1.54, 1.807) is 0 Å². The van der Waals surface area contributed by atoms with Gasteiger partial charge >= 0.3 is 0 Å². The van der Waals surface area contributed by atoms with Gasteiger partial charge in [-0.2, -0.15) is 5.10 Å². The Morgan fingerprint density at radius 3 is 2.82 bits per heavy atom. The molecule has 0 unspecified atom stereocenters. The molecule has 4 heteroatoms. The van der Waals surface area contributed by atoms with Gasteiger partial charge in [0, 0.05) is 18.0 Å². The minimum atomic E-state index is 0.160. The third-order valence-electron chi connectivity index (χ3n) is 3.50. The van der Waals surface area contributed by atoms with E-state index in [4.69, 9.17) is 0 Å². The highest BCUT2D eigenvalue weighted by Gasteiger charge is 2.28. The summed E-state index contributed by atoms with van der Waals surface area (Å²) in [4.78, 5) is 0. The number of rotatable bonds is 6. The van der Waals surface area contributed by atoms with E-state index in [1.807, 2.05) is 6.20 Å². The highest BCUT2D eigenvalue weighted by Crippen LogP contribution is 2.32. The Morgan fingerprint density at radius 1 is 1.53 bits per heavy atom. The fourth-order valence-corrected chi connectivity index (χ4v) is 3.10. The van der Waals surface area contributed by atoms with Crippen molar-refractivity contribution in [2.45, 2.75) is 58.0 Å². The second-order valence-electron chi connectivity index (χ2n) is 5.52. The van der Waals surface area contributed by atoms with Gasteiger partial charge in [0.15, 0.2) is 0 Å². The van der Waals surface area contributed by atoms with Crippen LogP contribution in [0.25, 0.3) is 0 Å². The quantitative estimate of drug-likeness (QED) is 0.875. The monoisotopic (exact) mass is 299 g/mol. The molecule has 17 heavy (non-hydrogen) atoms. The van der Waals surface area contributed by atoms with Crippen molar-refractivity contribution in [3.05, 3.63) is 16.4 Å². The highest BCUT2D eigenvalue weighted by atomic mass is 79.9. The van der Waals surface area contributed by atoms with Gasteiger partial charge in [-0.3, -0.25) is 4.68 Å². The van der Waals surface area contributed by atoms with E-state index in [1.165, 1.54) is 18.5 Å². The molecule has 2 rings (SSSR count). The molecule has 3 nitrogen and oxygen atoms in total. The molecule has 1 aromatic heterocycles. The molecule has 0 bridgehead atoms. The van der Waals surface area contributed by atoms with Crippen LogP contribution in [0.2, 0.25) is 0 Å². The van der Waals surface area contributed by atoms with Gasteiger partial charge in [-0.1, -0.05) is 13.8 Å². The van der Waals surface area contributed by atoms with Crippen molar-refractivity contribution in [2.24, 2.45) is 0 Å². The van der Waals surface area contributed by atoms with Gasteiger partial charge in [0.25, 0.3) is 0 Å². The molecule has 1 aliphatic rings. The van der Waals surface area contributed by atoms with Crippen molar-refractivity contribution in [3.63, 3.8) is 0 Å². The highest BCUT2D eigenvalue weighted by molar-refractivity contribution is 9.10. The lowest BCUT2D eigenvalue weighted by Gasteiger charge is -2.26. The number of nitrogens with one attached hydrogen (secondary N) is 1. The topological polar surface area (TPSA) is 29.9 Å². The van der Waals surface area contributed by atoms with Crippen LogP contribution in [0.15, 0.2) is 10.7 Å². The first-order valence-corrected chi connectivity index (χ1v) is 7.29. The van der Waals surface area contributed by atoms with Gasteiger partial charge in [0.05, 0.1) is 16.4 Å². The van der Waals surface area contributed by atoms with Crippen molar-refractivity contribution in [3.8, 4) is 0 Å². The first-order valence-electron chi connectivity index (χ1n) is 6.50. The minimum absolute atomic E-state index is 0.160. The number of halogens is 1. The van der Waals surface area contributed by atoms with E-state index in [2.05, 4.69) is 51.8 Å². The van der Waals surface area contributed by atoms with E-state index in [9.17, 15) is 0 Å². The molecule has 0 spiro atoms. The first kappa shape index (κ1) is 13.1. The maximum atomic E-state index is 4.41. The SMILES string of the molecule is CCn1ncc(Br)c1C(C)(C)CCNC1CC1. The second kappa shape index (κ2) is 5.11. The Bertz CT molecular complexity index is 380. The zero-order valence-electron chi connectivity index (χ0n) is 11.0. The molecule has 1 aromatic rings. The number of aryl methyl sites for hydroxylation is 1. The van der Waals surface area contributed by atoms with Crippen LogP contribution in [-0.2, 0) is 12.0 Å². The number of nitrogens with zero attached hydrogens (tertiary/aromatic N) is 2. The molecule has 0 aliphatic heterocycles. The van der Waals surface area contributed by atoms with Crippen molar-refractivity contribution in [2.75, 3.05) is 6.54 Å². The van der Waals surface area contributed by atoms with E-state index < -0.39 is 0 Å². The summed E-state index contributed by atoms with van der Waals surface area (Å²) in [6, 6.07) is 0.797. The minimum Gasteiger partial charge on any atom is -0.314 e. The van der Waals surface area contributed by atoms with Gasteiger partial charge < -0.3 is 5.32 Å². The van der Waals surface area contributed by atoms with E-state index >= 15 is 0 Å². The van der Waals surface area contributed by atoms with Crippen molar-refractivity contribution >= 4 is 15.9 Å². The molecule has 0 aromatic carbocycles. The molecular weight excluding hydrogens is 278 g/mol. The van der Waals surface area contributed by atoms with Gasteiger partial charge in [-0.15, -0.1) is 0 Å². The van der Waals surface area contributed by atoms with Crippen molar-refractivity contribution < 1.29 is 0 Å². The Balaban J connectivity index is 2.03. The molecule has 0 amide bonds. The predicted molar refractivity (Wildman–Crippen MR) is 74.3 cm³/mol. The van der Waals surface area contributed by atoms with Gasteiger partial charge in [-0.25, -0.2) is 0 Å². The average molecular weight is 300 g/mol. The number of hydrogen-bond donors (Lipinski definition) is 1. The predicted octanol–water partition coefficient (Wildman–Crippen LogP) is 3.09. The van der Waals surface area contributed by atoms with Crippen LogP contribution in [0.3, 0.4) is 0 Å². The zero-order valence-corrected chi connectivity index (χ0v) is 12.5. The average Bonchev–Trinajstić information content (AvgIpc) is 2.99. The third-order valence-corrected chi connectivity index (χ3v) is 4.08. The second-order valence-corrected chi connectivity index (χ2v) is 6.37.